The van der Waals surface area contributed by atoms with Crippen molar-refractivity contribution >= 4 is 5.91 Å². The van der Waals surface area contributed by atoms with Gasteiger partial charge in [-0.3, -0.25) is 4.79 Å². The summed E-state index contributed by atoms with van der Waals surface area (Å²) in [5.41, 5.74) is 5.46. The van der Waals surface area contributed by atoms with Crippen molar-refractivity contribution < 1.29 is 9.90 Å². The minimum absolute atomic E-state index is 0.135. The van der Waals surface area contributed by atoms with Gasteiger partial charge < -0.3 is 15.7 Å². The van der Waals surface area contributed by atoms with Crippen molar-refractivity contribution in [3.05, 3.63) is 0 Å². The zero-order valence-electron chi connectivity index (χ0n) is 10.4. The van der Waals surface area contributed by atoms with Crippen molar-refractivity contribution in [1.29, 1.82) is 0 Å². The van der Waals surface area contributed by atoms with Crippen molar-refractivity contribution in [3.63, 3.8) is 0 Å². The first kappa shape index (κ1) is 13.5. The van der Waals surface area contributed by atoms with E-state index >= 15 is 0 Å². The molecule has 0 bridgehead atoms. The highest BCUT2D eigenvalue weighted by Crippen LogP contribution is 2.45. The SMILES string of the molecule is CCN(CCCO)C(=O)C1(CN)CC(C)C1. The van der Waals surface area contributed by atoms with E-state index in [4.69, 9.17) is 10.8 Å². The highest BCUT2D eigenvalue weighted by Gasteiger charge is 2.48. The van der Waals surface area contributed by atoms with Crippen LogP contribution in [0.3, 0.4) is 0 Å². The van der Waals surface area contributed by atoms with Crippen molar-refractivity contribution in [2.24, 2.45) is 17.1 Å². The number of aliphatic hydroxyl groups is 1. The Morgan fingerprint density at radius 3 is 2.56 bits per heavy atom. The third-order valence-corrected chi connectivity index (χ3v) is 3.58. The predicted octanol–water partition coefficient (Wildman–Crippen LogP) is 0.592. The van der Waals surface area contributed by atoms with Crippen LogP contribution < -0.4 is 5.73 Å². The maximum Gasteiger partial charge on any atom is 0.230 e. The minimum Gasteiger partial charge on any atom is -0.396 e. The number of aliphatic hydroxyl groups excluding tert-OH is 1. The number of carbonyl (C=O) groups excluding carboxylic acids is 1. The molecule has 0 unspecified atom stereocenters. The normalized spacial score (nSPS) is 28.6. The van der Waals surface area contributed by atoms with Gasteiger partial charge in [0.05, 0.1) is 5.41 Å². The molecule has 0 aromatic carbocycles. The van der Waals surface area contributed by atoms with Crippen LogP contribution in [0.5, 0.6) is 0 Å². The van der Waals surface area contributed by atoms with E-state index in [1.807, 2.05) is 11.8 Å². The molecule has 1 aliphatic carbocycles. The first-order valence-corrected chi connectivity index (χ1v) is 6.20. The van der Waals surface area contributed by atoms with Gasteiger partial charge in [-0.25, -0.2) is 0 Å². The van der Waals surface area contributed by atoms with Gasteiger partial charge in [0.2, 0.25) is 5.91 Å². The Bertz CT molecular complexity index is 237. The van der Waals surface area contributed by atoms with Crippen LogP contribution in [-0.2, 0) is 4.79 Å². The van der Waals surface area contributed by atoms with Gasteiger partial charge in [0.25, 0.3) is 0 Å². The lowest BCUT2D eigenvalue weighted by atomic mass is 9.62. The van der Waals surface area contributed by atoms with Gasteiger partial charge in [-0.05, 0) is 32.1 Å². The van der Waals surface area contributed by atoms with Crippen LogP contribution in [0.15, 0.2) is 0 Å². The van der Waals surface area contributed by atoms with Gasteiger partial charge in [0.1, 0.15) is 0 Å². The summed E-state index contributed by atoms with van der Waals surface area (Å²) in [4.78, 5) is 14.2. The second-order valence-electron chi connectivity index (χ2n) is 4.96. The standard InChI is InChI=1S/C12H24N2O2/c1-3-14(5-4-6-15)11(16)12(9-13)7-10(2)8-12/h10,15H,3-9,13H2,1-2H3. The maximum absolute atomic E-state index is 12.3. The van der Waals surface area contributed by atoms with Crippen molar-refractivity contribution in [3.8, 4) is 0 Å². The van der Waals surface area contributed by atoms with Gasteiger partial charge in [-0.15, -0.1) is 0 Å². The van der Waals surface area contributed by atoms with E-state index in [1.54, 1.807) is 0 Å². The quantitative estimate of drug-likeness (QED) is 0.699. The first-order chi connectivity index (χ1) is 7.59. The largest absolute Gasteiger partial charge is 0.396 e. The van der Waals surface area contributed by atoms with E-state index < -0.39 is 0 Å². The molecule has 0 atom stereocenters. The van der Waals surface area contributed by atoms with E-state index in [0.29, 0.717) is 32.0 Å². The molecule has 4 heteroatoms. The lowest BCUT2D eigenvalue weighted by Crippen LogP contribution is -2.54. The first-order valence-electron chi connectivity index (χ1n) is 6.20. The topological polar surface area (TPSA) is 66.6 Å². The van der Waals surface area contributed by atoms with Gasteiger partial charge in [0.15, 0.2) is 0 Å². The molecule has 0 saturated heterocycles. The van der Waals surface area contributed by atoms with E-state index in [9.17, 15) is 4.79 Å². The molecule has 4 nitrogen and oxygen atoms in total. The van der Waals surface area contributed by atoms with Crippen molar-refractivity contribution in [2.75, 3.05) is 26.2 Å². The summed E-state index contributed by atoms with van der Waals surface area (Å²) >= 11 is 0. The maximum atomic E-state index is 12.3. The van der Waals surface area contributed by atoms with Gasteiger partial charge >= 0.3 is 0 Å². The average Bonchev–Trinajstić information content (AvgIpc) is 2.25. The van der Waals surface area contributed by atoms with E-state index in [2.05, 4.69) is 6.92 Å². The summed E-state index contributed by atoms with van der Waals surface area (Å²) < 4.78 is 0. The van der Waals surface area contributed by atoms with Crippen LogP contribution >= 0.6 is 0 Å². The predicted molar refractivity (Wildman–Crippen MR) is 63.8 cm³/mol. The Balaban J connectivity index is 2.59. The summed E-state index contributed by atoms with van der Waals surface area (Å²) in [6.45, 7) is 6.06. The van der Waals surface area contributed by atoms with Crippen molar-refractivity contribution in [2.45, 2.75) is 33.1 Å². The van der Waals surface area contributed by atoms with E-state index in [-0.39, 0.29) is 17.9 Å². The molecule has 0 aromatic rings. The molecule has 94 valence electrons. The molecule has 3 N–H and O–H groups in total. The van der Waals surface area contributed by atoms with Crippen LogP contribution in [-0.4, -0.2) is 42.2 Å². The van der Waals surface area contributed by atoms with Gasteiger partial charge in [0, 0.05) is 26.2 Å². The van der Waals surface area contributed by atoms with Crippen LogP contribution in [0, 0.1) is 11.3 Å². The Kier molecular flexibility index (Phi) is 4.74. The molecule has 0 aromatic heterocycles. The Labute approximate surface area is 97.8 Å². The highest BCUT2D eigenvalue weighted by molar-refractivity contribution is 5.84. The number of nitrogens with zero attached hydrogens (tertiary/aromatic N) is 1. The molecule has 0 spiro atoms. The summed E-state index contributed by atoms with van der Waals surface area (Å²) in [5, 5.41) is 8.80. The smallest absolute Gasteiger partial charge is 0.230 e. The fourth-order valence-electron chi connectivity index (χ4n) is 2.70. The summed E-state index contributed by atoms with van der Waals surface area (Å²) in [6.07, 6.45) is 2.48. The van der Waals surface area contributed by atoms with Crippen LogP contribution in [0.4, 0.5) is 0 Å². The summed E-state index contributed by atoms with van der Waals surface area (Å²) in [5.74, 6) is 0.799. The zero-order valence-corrected chi connectivity index (χ0v) is 10.4. The molecule has 1 rings (SSSR count). The van der Waals surface area contributed by atoms with Crippen LogP contribution in [0.25, 0.3) is 0 Å². The number of carbonyl (C=O) groups is 1. The number of hydrogen-bond acceptors (Lipinski definition) is 3. The average molecular weight is 228 g/mol. The number of hydrogen-bond donors (Lipinski definition) is 2. The second-order valence-corrected chi connectivity index (χ2v) is 4.96. The Morgan fingerprint density at radius 1 is 1.56 bits per heavy atom. The molecule has 1 fully saturated rings. The lowest BCUT2D eigenvalue weighted by molar-refractivity contribution is -0.149. The van der Waals surface area contributed by atoms with E-state index in [1.165, 1.54) is 0 Å². The minimum atomic E-state index is -0.301. The van der Waals surface area contributed by atoms with Gasteiger partial charge in [-0.2, -0.15) is 0 Å². The monoisotopic (exact) mass is 228 g/mol. The number of nitrogens with two attached hydrogens (primary N) is 1. The summed E-state index contributed by atoms with van der Waals surface area (Å²) in [6, 6.07) is 0. The molecule has 1 aliphatic rings. The molecule has 16 heavy (non-hydrogen) atoms. The molecular formula is C12H24N2O2. The summed E-state index contributed by atoms with van der Waals surface area (Å²) in [7, 11) is 0. The third-order valence-electron chi connectivity index (χ3n) is 3.58. The third kappa shape index (κ3) is 2.55. The molecule has 0 radical (unpaired) electrons. The lowest BCUT2D eigenvalue weighted by Gasteiger charge is -2.46. The molecule has 0 aliphatic heterocycles. The molecule has 1 saturated carbocycles. The van der Waals surface area contributed by atoms with E-state index in [0.717, 1.165) is 12.8 Å². The fraction of sp³-hybridized carbons (Fsp3) is 0.917. The Hall–Kier alpha value is -0.610. The van der Waals surface area contributed by atoms with Crippen LogP contribution in [0.2, 0.25) is 0 Å². The van der Waals surface area contributed by atoms with Gasteiger partial charge in [-0.1, -0.05) is 6.92 Å². The number of rotatable bonds is 6. The molecule has 1 amide bonds. The Morgan fingerprint density at radius 2 is 2.19 bits per heavy atom. The fourth-order valence-corrected chi connectivity index (χ4v) is 2.70. The van der Waals surface area contributed by atoms with Crippen molar-refractivity contribution in [1.82, 2.24) is 4.90 Å². The number of amides is 1. The second kappa shape index (κ2) is 5.64. The zero-order chi connectivity index (χ0) is 12.2. The molecular weight excluding hydrogens is 204 g/mol. The molecule has 0 heterocycles. The highest BCUT2D eigenvalue weighted by atomic mass is 16.3. The van der Waals surface area contributed by atoms with Crippen LogP contribution in [0.1, 0.15) is 33.1 Å².